The monoisotopic (exact) mass is 202 g/mol. The molecule has 0 aliphatic rings. The highest BCUT2D eigenvalue weighted by Crippen LogP contribution is 1.85. The molecule has 0 saturated carbocycles. The summed E-state index contributed by atoms with van der Waals surface area (Å²) < 4.78 is 0. The second-order valence-corrected chi connectivity index (χ2v) is 3.84. The fourth-order valence-electron chi connectivity index (χ4n) is 0.729. The molecule has 0 aromatic heterocycles. The molecule has 0 aliphatic heterocycles. The van der Waals surface area contributed by atoms with Gasteiger partial charge in [-0.2, -0.15) is 0 Å². The Hall–Kier alpha value is -0.0800. The molecule has 1 atom stereocenters. The highest BCUT2D eigenvalue weighted by Gasteiger charge is 1.83. The topological polar surface area (TPSA) is 38.0 Å². The van der Waals surface area contributed by atoms with E-state index in [1.807, 2.05) is 6.92 Å². The maximum atomic E-state index is 5.29. The summed E-state index contributed by atoms with van der Waals surface area (Å²) in [6, 6.07) is 0.384. The Morgan fingerprint density at radius 1 is 1.00 bits per heavy atom. The van der Waals surface area contributed by atoms with E-state index < -0.39 is 0 Å². The number of hydrogen-bond acceptors (Lipinski definition) is 2. The maximum absolute atomic E-state index is 5.29. The molecule has 0 aromatic rings. The van der Waals surface area contributed by atoms with Crippen molar-refractivity contribution in [3.8, 4) is 0 Å². The summed E-state index contributed by atoms with van der Waals surface area (Å²) in [6.07, 6.45) is 6.34. The zero-order valence-electron chi connectivity index (χ0n) is 10.6. The third-order valence-electron chi connectivity index (χ3n) is 2.06. The molecule has 0 heterocycles. The van der Waals surface area contributed by atoms with E-state index in [0.29, 0.717) is 6.04 Å². The van der Waals surface area contributed by atoms with Crippen molar-refractivity contribution in [1.82, 2.24) is 5.32 Å². The van der Waals surface area contributed by atoms with Gasteiger partial charge >= 0.3 is 0 Å². The van der Waals surface area contributed by atoms with Crippen molar-refractivity contribution in [1.29, 1.82) is 0 Å². The van der Waals surface area contributed by atoms with E-state index in [0.717, 1.165) is 6.42 Å². The summed E-state index contributed by atoms with van der Waals surface area (Å²) in [6.45, 7) is 10.9. The molecule has 3 N–H and O–H groups in total. The van der Waals surface area contributed by atoms with Gasteiger partial charge in [-0.1, -0.05) is 33.6 Å². The van der Waals surface area contributed by atoms with E-state index in [9.17, 15) is 0 Å². The zero-order valence-corrected chi connectivity index (χ0v) is 10.6. The van der Waals surface area contributed by atoms with Crippen LogP contribution in [0.3, 0.4) is 0 Å². The van der Waals surface area contributed by atoms with E-state index in [1.54, 1.807) is 0 Å². The van der Waals surface area contributed by atoms with Crippen LogP contribution in [0.2, 0.25) is 0 Å². The molecule has 2 nitrogen and oxygen atoms in total. The molecule has 0 bridgehead atoms. The molecule has 0 spiro atoms. The molecular formula is C12H30N2. The SMILES string of the molecule is CCC(C)N.CCCCNCCCC. The number of rotatable bonds is 7. The minimum absolute atomic E-state index is 0.384. The summed E-state index contributed by atoms with van der Waals surface area (Å²) in [5, 5.41) is 3.39. The molecule has 1 unspecified atom stereocenters. The lowest BCUT2D eigenvalue weighted by molar-refractivity contribution is 0.611. The highest BCUT2D eigenvalue weighted by molar-refractivity contribution is 4.45. The number of nitrogens with two attached hydrogens (primary N) is 1. The van der Waals surface area contributed by atoms with Crippen molar-refractivity contribution in [2.45, 2.75) is 65.8 Å². The van der Waals surface area contributed by atoms with Gasteiger partial charge in [-0.25, -0.2) is 0 Å². The Bertz CT molecular complexity index is 76.4. The zero-order chi connectivity index (χ0) is 11.2. The van der Waals surface area contributed by atoms with E-state index >= 15 is 0 Å². The standard InChI is InChI=1S/C8H19N.C4H11N/c1-3-5-7-9-8-6-4-2;1-3-4(2)5/h9H,3-8H2,1-2H3;4H,3,5H2,1-2H3. The molecule has 88 valence electrons. The van der Waals surface area contributed by atoms with Crippen LogP contribution in [0.25, 0.3) is 0 Å². The molecule has 14 heavy (non-hydrogen) atoms. The van der Waals surface area contributed by atoms with Crippen molar-refractivity contribution in [3.05, 3.63) is 0 Å². The average Bonchev–Trinajstić information content (AvgIpc) is 2.19. The maximum Gasteiger partial charge on any atom is 0.000781 e. The van der Waals surface area contributed by atoms with Crippen molar-refractivity contribution >= 4 is 0 Å². The lowest BCUT2D eigenvalue weighted by atomic mass is 10.3. The summed E-state index contributed by atoms with van der Waals surface area (Å²) in [4.78, 5) is 0. The lowest BCUT2D eigenvalue weighted by Gasteiger charge is -1.99. The van der Waals surface area contributed by atoms with Crippen LogP contribution in [0.15, 0.2) is 0 Å². The van der Waals surface area contributed by atoms with Gasteiger partial charge in [-0.3, -0.25) is 0 Å². The van der Waals surface area contributed by atoms with Crippen LogP contribution in [0.1, 0.15) is 59.8 Å². The fraction of sp³-hybridized carbons (Fsp3) is 1.00. The van der Waals surface area contributed by atoms with Crippen LogP contribution in [0.4, 0.5) is 0 Å². The minimum Gasteiger partial charge on any atom is -0.328 e. The quantitative estimate of drug-likeness (QED) is 0.623. The number of unbranched alkanes of at least 4 members (excludes halogenated alkanes) is 2. The molecule has 0 fully saturated rings. The van der Waals surface area contributed by atoms with Crippen molar-refractivity contribution in [2.75, 3.05) is 13.1 Å². The van der Waals surface area contributed by atoms with E-state index in [4.69, 9.17) is 5.73 Å². The summed E-state index contributed by atoms with van der Waals surface area (Å²) in [7, 11) is 0. The first-order valence-electron chi connectivity index (χ1n) is 6.15. The molecule has 0 aromatic carbocycles. The van der Waals surface area contributed by atoms with Gasteiger partial charge in [0.25, 0.3) is 0 Å². The lowest BCUT2D eigenvalue weighted by Crippen LogP contribution is -2.15. The molecule has 2 heteroatoms. The van der Waals surface area contributed by atoms with Gasteiger partial charge in [0.15, 0.2) is 0 Å². The molecule has 0 saturated heterocycles. The molecule has 0 amide bonds. The number of hydrogen-bond donors (Lipinski definition) is 2. The van der Waals surface area contributed by atoms with Gasteiger partial charge < -0.3 is 11.1 Å². The van der Waals surface area contributed by atoms with Crippen LogP contribution in [-0.4, -0.2) is 19.1 Å². The Labute approximate surface area is 90.6 Å². The predicted molar refractivity (Wildman–Crippen MR) is 66.6 cm³/mol. The van der Waals surface area contributed by atoms with Gasteiger partial charge in [-0.15, -0.1) is 0 Å². The van der Waals surface area contributed by atoms with Gasteiger partial charge in [0.2, 0.25) is 0 Å². The second-order valence-electron chi connectivity index (χ2n) is 3.84. The van der Waals surface area contributed by atoms with Crippen molar-refractivity contribution < 1.29 is 0 Å². The smallest absolute Gasteiger partial charge is 0.000781 e. The number of nitrogens with one attached hydrogen (secondary N) is 1. The van der Waals surface area contributed by atoms with Gasteiger partial charge in [0.1, 0.15) is 0 Å². The largest absolute Gasteiger partial charge is 0.328 e. The Kier molecular flexibility index (Phi) is 18.0. The highest BCUT2D eigenvalue weighted by atomic mass is 14.8. The Morgan fingerprint density at radius 3 is 1.57 bits per heavy atom. The summed E-state index contributed by atoms with van der Waals surface area (Å²) in [5.74, 6) is 0. The third kappa shape index (κ3) is 22.7. The van der Waals surface area contributed by atoms with E-state index in [-0.39, 0.29) is 0 Å². The second kappa shape index (κ2) is 15.4. The third-order valence-corrected chi connectivity index (χ3v) is 2.06. The first-order chi connectivity index (χ1) is 6.68. The molecule has 0 radical (unpaired) electrons. The minimum atomic E-state index is 0.384. The van der Waals surface area contributed by atoms with Crippen LogP contribution in [0, 0.1) is 0 Å². The normalized spacial score (nSPS) is 11.8. The van der Waals surface area contributed by atoms with Crippen molar-refractivity contribution in [3.63, 3.8) is 0 Å². The van der Waals surface area contributed by atoms with Crippen LogP contribution < -0.4 is 11.1 Å². The van der Waals surface area contributed by atoms with E-state index in [2.05, 4.69) is 26.1 Å². The summed E-state index contributed by atoms with van der Waals surface area (Å²) >= 11 is 0. The van der Waals surface area contributed by atoms with Crippen molar-refractivity contribution in [2.24, 2.45) is 5.73 Å². The molecule has 0 rings (SSSR count). The van der Waals surface area contributed by atoms with Gasteiger partial charge in [0, 0.05) is 6.04 Å². The first kappa shape index (κ1) is 16.4. The van der Waals surface area contributed by atoms with Crippen LogP contribution >= 0.6 is 0 Å². The van der Waals surface area contributed by atoms with Crippen LogP contribution in [0.5, 0.6) is 0 Å². The predicted octanol–water partition coefficient (Wildman–Crippen LogP) is 2.92. The fourth-order valence-corrected chi connectivity index (χ4v) is 0.729. The van der Waals surface area contributed by atoms with E-state index in [1.165, 1.54) is 38.8 Å². The van der Waals surface area contributed by atoms with Gasteiger partial charge in [-0.05, 0) is 39.3 Å². The van der Waals surface area contributed by atoms with Gasteiger partial charge in [0.05, 0.1) is 0 Å². The summed E-state index contributed by atoms with van der Waals surface area (Å²) in [5.41, 5.74) is 5.29. The van der Waals surface area contributed by atoms with Crippen LogP contribution in [-0.2, 0) is 0 Å². The Morgan fingerprint density at radius 2 is 1.36 bits per heavy atom. The molecule has 0 aliphatic carbocycles. The Balaban J connectivity index is 0. The first-order valence-corrected chi connectivity index (χ1v) is 6.15. The molecular weight excluding hydrogens is 172 g/mol. The average molecular weight is 202 g/mol.